The SMILES string of the molecule is CCCCCCCCCCCCCCCC(=O)O[C@H](COC(=O)CCCCCCCCCCCCCCCCCC(=O)CCC)COP(=O)(O)OC1C(O)[C@@H](OP(=O)(O)O)C(OP(=O)(O)O)[C@@H](O)[C@H]1O. The number of phosphoric ester groups is 3. The Kier molecular flexibility index (Phi) is 37.5. The summed E-state index contributed by atoms with van der Waals surface area (Å²) in [5, 5.41) is 31.9. The van der Waals surface area contributed by atoms with E-state index in [1.165, 1.54) is 89.9 Å². The molecule has 414 valence electrons. The maximum Gasteiger partial charge on any atom is 0.472 e. The lowest BCUT2D eigenvalue weighted by Crippen LogP contribution is -2.65. The molecule has 1 aliphatic rings. The van der Waals surface area contributed by atoms with Gasteiger partial charge in [-0.2, -0.15) is 0 Å². The molecule has 4 unspecified atom stereocenters. The maximum absolute atomic E-state index is 13.1. The zero-order chi connectivity index (χ0) is 52.3. The molecular weight excluding hydrogens is 977 g/mol. The topological polar surface area (TPSA) is 320 Å². The van der Waals surface area contributed by atoms with Crippen molar-refractivity contribution in [1.29, 1.82) is 0 Å². The first-order chi connectivity index (χ1) is 33.2. The minimum Gasteiger partial charge on any atom is -0.462 e. The van der Waals surface area contributed by atoms with Crippen molar-refractivity contribution >= 4 is 41.2 Å². The van der Waals surface area contributed by atoms with Gasteiger partial charge in [0.2, 0.25) is 0 Å². The number of ketones is 1. The first kappa shape index (κ1) is 66.8. The van der Waals surface area contributed by atoms with Gasteiger partial charge in [-0.3, -0.25) is 32.5 Å². The second-order valence-corrected chi connectivity index (χ2v) is 22.6. The van der Waals surface area contributed by atoms with Crippen LogP contribution in [0.2, 0.25) is 0 Å². The van der Waals surface area contributed by atoms with Crippen molar-refractivity contribution < 1.29 is 95.4 Å². The number of unbranched alkanes of at least 4 members (excludes halogenated alkanes) is 26. The summed E-state index contributed by atoms with van der Waals surface area (Å²) in [5.74, 6) is -0.917. The molecule has 0 spiro atoms. The van der Waals surface area contributed by atoms with Gasteiger partial charge in [0.15, 0.2) is 6.10 Å². The number of Topliss-reactive ketones (excluding diaryl/α,β-unsaturated/α-hetero) is 1. The molecule has 0 aromatic rings. The number of hydrogen-bond donors (Lipinski definition) is 8. The highest BCUT2D eigenvalue weighted by Crippen LogP contribution is 2.51. The van der Waals surface area contributed by atoms with Crippen molar-refractivity contribution in [2.75, 3.05) is 13.2 Å². The summed E-state index contributed by atoms with van der Waals surface area (Å²) in [6.45, 7) is 2.75. The second-order valence-electron chi connectivity index (χ2n) is 18.8. The summed E-state index contributed by atoms with van der Waals surface area (Å²) in [6.07, 6.45) is 16.6. The van der Waals surface area contributed by atoms with Gasteiger partial charge < -0.3 is 49.3 Å². The standard InChI is InChI=1S/C47H91O20P3/c1-3-5-6-7-8-9-10-14-19-22-25-28-31-35-41(50)64-39(36-62-40(49)34-30-27-24-21-18-16-13-11-12-15-17-20-23-26-29-33-38(48)32-4-2)37-63-70(60,61)67-45-42(51)43(52)46(65-68(54,55)56)47(44(45)53)66-69(57,58)59/h39,42-47,51-53H,3-37H2,1-2H3,(H,60,61)(H2,54,55,56)(H2,57,58,59)/t39-,42-,43+,44?,45?,46?,47-/m1/s1. The number of carbonyl (C=O) groups excluding carboxylic acids is 3. The fraction of sp³-hybridized carbons (Fsp3) is 0.936. The lowest BCUT2D eigenvalue weighted by atomic mass is 9.85. The van der Waals surface area contributed by atoms with Crippen LogP contribution in [0.15, 0.2) is 0 Å². The van der Waals surface area contributed by atoms with E-state index in [-0.39, 0.29) is 12.8 Å². The molecule has 1 aliphatic carbocycles. The van der Waals surface area contributed by atoms with E-state index in [4.69, 9.17) is 18.5 Å². The van der Waals surface area contributed by atoms with E-state index in [2.05, 4.69) is 16.0 Å². The molecule has 0 amide bonds. The monoisotopic (exact) mass is 1070 g/mol. The van der Waals surface area contributed by atoms with E-state index in [1.807, 2.05) is 6.92 Å². The molecule has 1 rings (SSSR count). The van der Waals surface area contributed by atoms with Gasteiger partial charge in [-0.05, 0) is 25.7 Å². The predicted octanol–water partition coefficient (Wildman–Crippen LogP) is 9.48. The molecule has 8 atom stereocenters. The molecule has 0 aromatic heterocycles. The summed E-state index contributed by atoms with van der Waals surface area (Å²) in [6, 6.07) is 0. The number of rotatable bonds is 46. The Morgan fingerprint density at radius 2 is 0.771 bits per heavy atom. The van der Waals surface area contributed by atoms with Gasteiger partial charge in [-0.15, -0.1) is 0 Å². The molecule has 0 aliphatic heterocycles. The molecule has 20 nitrogen and oxygen atoms in total. The highest BCUT2D eigenvalue weighted by molar-refractivity contribution is 7.47. The fourth-order valence-corrected chi connectivity index (χ4v) is 10.5. The quantitative estimate of drug-likeness (QED) is 0.0160. The summed E-state index contributed by atoms with van der Waals surface area (Å²) < 4.78 is 65.6. The summed E-state index contributed by atoms with van der Waals surface area (Å²) >= 11 is 0. The average molecular weight is 1070 g/mol. The van der Waals surface area contributed by atoms with Gasteiger partial charge >= 0.3 is 35.4 Å². The number of hydrogen-bond acceptors (Lipinski definition) is 15. The molecule has 0 radical (unpaired) electrons. The maximum atomic E-state index is 13.1. The summed E-state index contributed by atoms with van der Waals surface area (Å²) in [4.78, 5) is 84.9. The molecule has 1 fully saturated rings. The number of aliphatic hydroxyl groups is 3. The van der Waals surface area contributed by atoms with Gasteiger partial charge in [-0.25, -0.2) is 13.7 Å². The smallest absolute Gasteiger partial charge is 0.462 e. The van der Waals surface area contributed by atoms with E-state index in [9.17, 15) is 67.9 Å². The molecule has 0 bridgehead atoms. The van der Waals surface area contributed by atoms with Crippen LogP contribution in [0.1, 0.15) is 226 Å². The lowest BCUT2D eigenvalue weighted by Gasteiger charge is -2.44. The van der Waals surface area contributed by atoms with Crippen LogP contribution >= 0.6 is 23.5 Å². The van der Waals surface area contributed by atoms with E-state index in [0.717, 1.165) is 89.9 Å². The fourth-order valence-electron chi connectivity index (χ4n) is 8.41. The van der Waals surface area contributed by atoms with Crippen LogP contribution in [-0.4, -0.2) is 113 Å². The Balaban J connectivity index is 2.62. The third-order valence-corrected chi connectivity index (χ3v) is 14.3. The molecule has 23 heteroatoms. The van der Waals surface area contributed by atoms with E-state index < -0.39 is 91.3 Å². The van der Waals surface area contributed by atoms with Crippen molar-refractivity contribution in [3.63, 3.8) is 0 Å². The van der Waals surface area contributed by atoms with Gasteiger partial charge in [0, 0.05) is 25.7 Å². The Hall–Kier alpha value is -1.18. The summed E-state index contributed by atoms with van der Waals surface area (Å²) in [7, 11) is -16.6. The third-order valence-electron chi connectivity index (χ3n) is 12.3. The van der Waals surface area contributed by atoms with Crippen molar-refractivity contribution in [3.8, 4) is 0 Å². The van der Waals surface area contributed by atoms with Crippen LogP contribution in [-0.2, 0) is 55.6 Å². The van der Waals surface area contributed by atoms with Gasteiger partial charge in [0.25, 0.3) is 0 Å². The van der Waals surface area contributed by atoms with Crippen molar-refractivity contribution in [3.05, 3.63) is 0 Å². The number of carbonyl (C=O) groups is 3. The zero-order valence-corrected chi connectivity index (χ0v) is 44.8. The van der Waals surface area contributed by atoms with Crippen molar-refractivity contribution in [2.24, 2.45) is 0 Å². The molecule has 0 aromatic carbocycles. The van der Waals surface area contributed by atoms with E-state index in [1.54, 1.807) is 0 Å². The second kappa shape index (κ2) is 39.3. The first-order valence-corrected chi connectivity index (χ1v) is 30.8. The molecule has 0 saturated heterocycles. The van der Waals surface area contributed by atoms with Crippen LogP contribution in [0.25, 0.3) is 0 Å². The zero-order valence-electron chi connectivity index (χ0n) is 42.1. The highest BCUT2D eigenvalue weighted by Gasteiger charge is 2.56. The highest BCUT2D eigenvalue weighted by atomic mass is 31.2. The lowest BCUT2D eigenvalue weighted by molar-refractivity contribution is -0.213. The largest absolute Gasteiger partial charge is 0.472 e. The van der Waals surface area contributed by atoms with Crippen molar-refractivity contribution in [2.45, 2.75) is 268 Å². The molecular formula is C47H91O20P3. The minimum atomic E-state index is -5.60. The van der Waals surface area contributed by atoms with E-state index in [0.29, 0.717) is 25.0 Å². The number of esters is 2. The van der Waals surface area contributed by atoms with Crippen LogP contribution in [0.3, 0.4) is 0 Å². The van der Waals surface area contributed by atoms with Crippen molar-refractivity contribution in [1.82, 2.24) is 0 Å². The molecule has 1 saturated carbocycles. The van der Waals surface area contributed by atoms with Crippen LogP contribution in [0, 0.1) is 0 Å². The average Bonchev–Trinajstić information content (AvgIpc) is 3.28. The number of phosphoric acid groups is 3. The van der Waals surface area contributed by atoms with Crippen LogP contribution in [0.5, 0.6) is 0 Å². The van der Waals surface area contributed by atoms with Gasteiger partial charge in [0.1, 0.15) is 49.0 Å². The Bertz CT molecular complexity index is 1530. The summed E-state index contributed by atoms with van der Waals surface area (Å²) in [5.41, 5.74) is 0. The first-order valence-electron chi connectivity index (χ1n) is 26.2. The third kappa shape index (κ3) is 35.1. The molecule has 0 heterocycles. The van der Waals surface area contributed by atoms with Gasteiger partial charge in [0.05, 0.1) is 6.61 Å². The van der Waals surface area contributed by atoms with Gasteiger partial charge in [-0.1, -0.05) is 174 Å². The Morgan fingerprint density at radius 1 is 0.414 bits per heavy atom. The predicted molar refractivity (Wildman–Crippen MR) is 262 cm³/mol. The number of aliphatic hydroxyl groups excluding tert-OH is 3. The molecule has 8 N–H and O–H groups in total. The normalized spacial score (nSPS) is 21.1. The Labute approximate surface area is 417 Å². The Morgan fingerprint density at radius 3 is 1.17 bits per heavy atom. The van der Waals surface area contributed by atoms with Crippen LogP contribution < -0.4 is 0 Å². The molecule has 70 heavy (non-hydrogen) atoms. The minimum absolute atomic E-state index is 0.00245. The van der Waals surface area contributed by atoms with Crippen LogP contribution in [0.4, 0.5) is 0 Å². The van der Waals surface area contributed by atoms with E-state index >= 15 is 0 Å². The number of ether oxygens (including phenoxy) is 2.